The Bertz CT molecular complexity index is 70.7. The van der Waals surface area contributed by atoms with Gasteiger partial charge in [-0.3, -0.25) is 0 Å². The highest BCUT2D eigenvalue weighted by Crippen LogP contribution is 1.87. The molecule has 3 N–H and O–H groups in total. The number of aliphatic hydroxyl groups excluding tert-OH is 1. The van der Waals surface area contributed by atoms with Gasteiger partial charge in [-0.15, -0.1) is 0 Å². The van der Waals surface area contributed by atoms with Crippen LogP contribution in [0.5, 0.6) is 0 Å². The summed E-state index contributed by atoms with van der Waals surface area (Å²) in [5, 5.41) is 8.36. The van der Waals surface area contributed by atoms with Crippen molar-refractivity contribution in [3.63, 3.8) is 0 Å². The van der Waals surface area contributed by atoms with Crippen LogP contribution in [0.3, 0.4) is 0 Å². The first kappa shape index (κ1) is 11.8. The average Bonchev–Trinajstić information content (AvgIpc) is 2.10. The number of hydrogen-bond acceptors (Lipinski definition) is 4. The number of nitrogens with two attached hydrogens (primary N) is 1. The Balaban J connectivity index is 2.73. The van der Waals surface area contributed by atoms with Crippen molar-refractivity contribution in [1.82, 2.24) is 0 Å². The second-order valence-corrected chi connectivity index (χ2v) is 2.44. The van der Waals surface area contributed by atoms with Crippen molar-refractivity contribution in [1.29, 1.82) is 0 Å². The second kappa shape index (κ2) is 10.8. The predicted octanol–water partition coefficient (Wildman–Crippen LogP) is -0.249. The first-order chi connectivity index (χ1) is 5.91. The summed E-state index contributed by atoms with van der Waals surface area (Å²) >= 11 is 0. The molecule has 0 heterocycles. The Hall–Kier alpha value is -0.160. The van der Waals surface area contributed by atoms with Crippen LogP contribution in [0.2, 0.25) is 0 Å². The molecule has 0 aromatic carbocycles. The van der Waals surface area contributed by atoms with Gasteiger partial charge in [0, 0.05) is 6.61 Å². The fraction of sp³-hybridized carbons (Fsp3) is 1.00. The van der Waals surface area contributed by atoms with Crippen LogP contribution >= 0.6 is 0 Å². The van der Waals surface area contributed by atoms with E-state index in [1.54, 1.807) is 0 Å². The third-order valence-corrected chi connectivity index (χ3v) is 1.35. The van der Waals surface area contributed by atoms with Crippen molar-refractivity contribution in [2.24, 2.45) is 5.73 Å². The van der Waals surface area contributed by atoms with Gasteiger partial charge in [0.1, 0.15) is 0 Å². The molecule has 0 rings (SSSR count). The minimum absolute atomic E-state index is 0.0766. The molecule has 4 heteroatoms. The van der Waals surface area contributed by atoms with Crippen LogP contribution in [-0.4, -0.2) is 44.7 Å². The Labute approximate surface area is 73.7 Å². The summed E-state index contributed by atoms with van der Waals surface area (Å²) in [5.74, 6) is 0. The molecule has 0 fully saturated rings. The van der Waals surface area contributed by atoms with E-state index in [4.69, 9.17) is 20.3 Å². The van der Waals surface area contributed by atoms with Gasteiger partial charge in [0.25, 0.3) is 0 Å². The normalized spacial score (nSPS) is 10.5. The van der Waals surface area contributed by atoms with E-state index in [0.717, 1.165) is 26.0 Å². The van der Waals surface area contributed by atoms with Crippen molar-refractivity contribution < 1.29 is 14.6 Å². The van der Waals surface area contributed by atoms with Gasteiger partial charge < -0.3 is 20.3 Å². The maximum atomic E-state index is 8.36. The lowest BCUT2D eigenvalue weighted by atomic mass is 10.3. The quantitative estimate of drug-likeness (QED) is 0.477. The molecule has 0 unspecified atom stereocenters. The first-order valence-electron chi connectivity index (χ1n) is 4.38. The molecule has 0 saturated carbocycles. The van der Waals surface area contributed by atoms with Crippen LogP contribution < -0.4 is 5.73 Å². The molecule has 0 amide bonds. The number of rotatable bonds is 9. The van der Waals surface area contributed by atoms with Crippen LogP contribution in [0.4, 0.5) is 0 Å². The summed E-state index contributed by atoms with van der Waals surface area (Å²) in [7, 11) is 0. The maximum Gasteiger partial charge on any atom is 0.0701 e. The van der Waals surface area contributed by atoms with E-state index >= 15 is 0 Å². The van der Waals surface area contributed by atoms with Gasteiger partial charge in [0.15, 0.2) is 0 Å². The van der Waals surface area contributed by atoms with Crippen molar-refractivity contribution in [2.45, 2.75) is 12.8 Å². The van der Waals surface area contributed by atoms with Crippen molar-refractivity contribution in [3.05, 3.63) is 0 Å². The highest BCUT2D eigenvalue weighted by atomic mass is 16.5. The highest BCUT2D eigenvalue weighted by molar-refractivity contribution is 4.39. The third-order valence-electron chi connectivity index (χ3n) is 1.35. The number of aliphatic hydroxyl groups is 1. The zero-order chi connectivity index (χ0) is 9.07. The van der Waals surface area contributed by atoms with Gasteiger partial charge in [-0.25, -0.2) is 0 Å². The van der Waals surface area contributed by atoms with E-state index in [0.29, 0.717) is 19.8 Å². The van der Waals surface area contributed by atoms with Gasteiger partial charge in [0.05, 0.1) is 26.4 Å². The van der Waals surface area contributed by atoms with E-state index in [-0.39, 0.29) is 6.61 Å². The fourth-order valence-corrected chi connectivity index (χ4v) is 0.735. The maximum absolute atomic E-state index is 8.36. The van der Waals surface area contributed by atoms with Crippen molar-refractivity contribution >= 4 is 0 Å². The summed E-state index contributed by atoms with van der Waals surface area (Å²) < 4.78 is 10.2. The third kappa shape index (κ3) is 9.84. The summed E-state index contributed by atoms with van der Waals surface area (Å²) in [5.41, 5.74) is 5.30. The standard InChI is InChI=1S/C8H19NO3/c9-3-1-2-5-11-7-8-12-6-4-10/h10H,1-9H2. The Morgan fingerprint density at radius 3 is 2.17 bits per heavy atom. The Morgan fingerprint density at radius 2 is 1.58 bits per heavy atom. The molecule has 0 aliphatic carbocycles. The molecule has 74 valence electrons. The largest absolute Gasteiger partial charge is 0.394 e. The zero-order valence-electron chi connectivity index (χ0n) is 7.50. The van der Waals surface area contributed by atoms with E-state index in [1.807, 2.05) is 0 Å². The molecular weight excluding hydrogens is 158 g/mol. The van der Waals surface area contributed by atoms with Crippen LogP contribution in [0.1, 0.15) is 12.8 Å². The first-order valence-corrected chi connectivity index (χ1v) is 4.38. The van der Waals surface area contributed by atoms with E-state index in [1.165, 1.54) is 0 Å². The van der Waals surface area contributed by atoms with E-state index < -0.39 is 0 Å². The second-order valence-electron chi connectivity index (χ2n) is 2.44. The molecule has 0 aromatic heterocycles. The summed E-state index contributed by atoms with van der Waals surface area (Å²) in [6.07, 6.45) is 2.02. The minimum atomic E-state index is 0.0766. The minimum Gasteiger partial charge on any atom is -0.394 e. The van der Waals surface area contributed by atoms with Crippen LogP contribution in [0, 0.1) is 0 Å². The molecule has 0 spiro atoms. The molecule has 0 saturated heterocycles. The molecule has 0 aliphatic rings. The lowest BCUT2D eigenvalue weighted by Gasteiger charge is -2.03. The number of unbranched alkanes of at least 4 members (excludes halogenated alkanes) is 1. The number of ether oxygens (including phenoxy) is 2. The Kier molecular flexibility index (Phi) is 10.7. The molecule has 0 aliphatic heterocycles. The predicted molar refractivity (Wildman–Crippen MR) is 47.0 cm³/mol. The molecule has 12 heavy (non-hydrogen) atoms. The molecule has 0 bridgehead atoms. The van der Waals surface area contributed by atoms with Gasteiger partial charge >= 0.3 is 0 Å². The highest BCUT2D eigenvalue weighted by Gasteiger charge is 1.89. The summed E-state index contributed by atoms with van der Waals surface area (Å²) in [4.78, 5) is 0. The van der Waals surface area contributed by atoms with Crippen molar-refractivity contribution in [3.8, 4) is 0 Å². The number of hydrogen-bond donors (Lipinski definition) is 2. The smallest absolute Gasteiger partial charge is 0.0701 e. The topological polar surface area (TPSA) is 64.7 Å². The average molecular weight is 177 g/mol. The summed E-state index contributed by atoms with van der Waals surface area (Å²) in [6, 6.07) is 0. The molecule has 4 nitrogen and oxygen atoms in total. The SMILES string of the molecule is NCCCCOCCOCCO. The van der Waals surface area contributed by atoms with Crippen molar-refractivity contribution in [2.75, 3.05) is 39.6 Å². The fourth-order valence-electron chi connectivity index (χ4n) is 0.735. The van der Waals surface area contributed by atoms with Crippen LogP contribution in [0.15, 0.2) is 0 Å². The molecule has 0 radical (unpaired) electrons. The zero-order valence-corrected chi connectivity index (χ0v) is 7.50. The molecule has 0 atom stereocenters. The van der Waals surface area contributed by atoms with Gasteiger partial charge in [0.2, 0.25) is 0 Å². The summed E-state index contributed by atoms with van der Waals surface area (Å²) in [6.45, 7) is 3.11. The van der Waals surface area contributed by atoms with Crippen LogP contribution in [-0.2, 0) is 9.47 Å². The lowest BCUT2D eigenvalue weighted by molar-refractivity contribution is 0.0323. The van der Waals surface area contributed by atoms with Gasteiger partial charge in [-0.1, -0.05) is 0 Å². The monoisotopic (exact) mass is 177 g/mol. The van der Waals surface area contributed by atoms with E-state index in [9.17, 15) is 0 Å². The van der Waals surface area contributed by atoms with Gasteiger partial charge in [-0.2, -0.15) is 0 Å². The van der Waals surface area contributed by atoms with Gasteiger partial charge in [-0.05, 0) is 19.4 Å². The Morgan fingerprint density at radius 1 is 0.917 bits per heavy atom. The lowest BCUT2D eigenvalue weighted by Crippen LogP contribution is -2.08. The molecular formula is C8H19NO3. The molecule has 0 aromatic rings. The van der Waals surface area contributed by atoms with Crippen LogP contribution in [0.25, 0.3) is 0 Å². The van der Waals surface area contributed by atoms with E-state index in [2.05, 4.69) is 0 Å².